The number of anilines is 2. The average Bonchev–Trinajstić information content (AvgIpc) is 2.75. The van der Waals surface area contributed by atoms with Gasteiger partial charge in [-0.3, -0.25) is 9.59 Å². The van der Waals surface area contributed by atoms with Crippen LogP contribution in [0.15, 0.2) is 60.7 Å². The topological polar surface area (TPSA) is 67.4 Å². The molecule has 0 spiro atoms. The Morgan fingerprint density at radius 1 is 0.909 bits per heavy atom. The number of rotatable bonds is 6. The third kappa shape index (κ3) is 6.63. The predicted molar refractivity (Wildman–Crippen MR) is 121 cm³/mol. The number of amides is 2. The Hall–Kier alpha value is -3.23. The summed E-state index contributed by atoms with van der Waals surface area (Å²) in [5, 5.41) is 5.59. The maximum Gasteiger partial charge on any atom is 0.416 e. The van der Waals surface area contributed by atoms with Crippen molar-refractivity contribution in [1.82, 2.24) is 0 Å². The number of alkyl halides is 3. The molecule has 0 fully saturated rings. The van der Waals surface area contributed by atoms with Gasteiger partial charge >= 0.3 is 6.18 Å². The van der Waals surface area contributed by atoms with Crippen molar-refractivity contribution in [3.8, 4) is 5.75 Å². The van der Waals surface area contributed by atoms with Gasteiger partial charge in [-0.25, -0.2) is 0 Å². The standard InChI is InChI=1S/C23H17Cl2F3N2O3/c1-13-10-16(24)5-9-19(13)30-22(32)14-2-6-17(7-3-14)33-12-21(31)29-20-11-15(23(26,27)28)4-8-18(20)25/h2-11H,12H2,1H3,(H,29,31)(H,30,32). The Balaban J connectivity index is 1.57. The molecule has 0 aliphatic rings. The van der Waals surface area contributed by atoms with Crippen LogP contribution in [-0.2, 0) is 11.0 Å². The monoisotopic (exact) mass is 496 g/mol. The number of aryl methyl sites for hydroxylation is 1. The fourth-order valence-corrected chi connectivity index (χ4v) is 3.19. The van der Waals surface area contributed by atoms with Crippen LogP contribution in [0.2, 0.25) is 10.0 Å². The molecule has 0 aliphatic heterocycles. The summed E-state index contributed by atoms with van der Waals surface area (Å²) in [4.78, 5) is 24.5. The first kappa shape index (κ1) is 24.4. The third-order valence-electron chi connectivity index (χ3n) is 4.49. The summed E-state index contributed by atoms with van der Waals surface area (Å²) in [6.45, 7) is 1.35. The van der Waals surface area contributed by atoms with Crippen LogP contribution in [-0.4, -0.2) is 18.4 Å². The molecule has 10 heteroatoms. The second-order valence-corrected chi connectivity index (χ2v) is 7.81. The zero-order valence-electron chi connectivity index (χ0n) is 17.1. The second kappa shape index (κ2) is 10.1. The molecule has 33 heavy (non-hydrogen) atoms. The SMILES string of the molecule is Cc1cc(Cl)ccc1NC(=O)c1ccc(OCC(=O)Nc2cc(C(F)(F)F)ccc2Cl)cc1. The van der Waals surface area contributed by atoms with E-state index < -0.39 is 24.3 Å². The Morgan fingerprint density at radius 2 is 1.61 bits per heavy atom. The molecule has 2 amide bonds. The van der Waals surface area contributed by atoms with E-state index in [1.165, 1.54) is 24.3 Å². The molecule has 0 aromatic heterocycles. The first-order chi connectivity index (χ1) is 15.5. The molecule has 3 rings (SSSR count). The molecule has 0 saturated heterocycles. The molecular formula is C23H17Cl2F3N2O3. The molecule has 0 saturated carbocycles. The minimum Gasteiger partial charge on any atom is -0.484 e. The summed E-state index contributed by atoms with van der Waals surface area (Å²) >= 11 is 11.8. The zero-order valence-corrected chi connectivity index (χ0v) is 18.6. The summed E-state index contributed by atoms with van der Waals surface area (Å²) in [6.07, 6.45) is -4.57. The van der Waals surface area contributed by atoms with Crippen molar-refractivity contribution in [3.05, 3.63) is 87.4 Å². The first-order valence-corrected chi connectivity index (χ1v) is 10.3. The van der Waals surface area contributed by atoms with Gasteiger partial charge in [0.15, 0.2) is 6.61 Å². The van der Waals surface area contributed by atoms with Crippen LogP contribution in [0.5, 0.6) is 5.75 Å². The largest absolute Gasteiger partial charge is 0.484 e. The number of carbonyl (C=O) groups excluding carboxylic acids is 2. The van der Waals surface area contributed by atoms with Crippen molar-refractivity contribution >= 4 is 46.4 Å². The summed E-state index contributed by atoms with van der Waals surface area (Å²) in [7, 11) is 0. The molecule has 3 aromatic carbocycles. The predicted octanol–water partition coefficient (Wildman–Crippen LogP) is 6.59. The maximum absolute atomic E-state index is 12.8. The maximum atomic E-state index is 12.8. The number of hydrogen-bond acceptors (Lipinski definition) is 3. The van der Waals surface area contributed by atoms with Gasteiger partial charge in [0.25, 0.3) is 11.8 Å². The lowest BCUT2D eigenvalue weighted by Crippen LogP contribution is -2.21. The number of ether oxygens (including phenoxy) is 1. The van der Waals surface area contributed by atoms with E-state index in [-0.39, 0.29) is 16.6 Å². The Labute approximate surface area is 197 Å². The number of nitrogens with one attached hydrogen (secondary N) is 2. The Bertz CT molecular complexity index is 1180. The number of benzene rings is 3. The molecule has 0 atom stereocenters. The molecule has 5 nitrogen and oxygen atoms in total. The number of carbonyl (C=O) groups is 2. The third-order valence-corrected chi connectivity index (χ3v) is 5.06. The highest BCUT2D eigenvalue weighted by Gasteiger charge is 2.31. The van der Waals surface area contributed by atoms with Gasteiger partial charge in [-0.2, -0.15) is 13.2 Å². The Morgan fingerprint density at radius 3 is 2.24 bits per heavy atom. The van der Waals surface area contributed by atoms with Crippen LogP contribution in [0.3, 0.4) is 0 Å². The van der Waals surface area contributed by atoms with Crippen molar-refractivity contribution in [3.63, 3.8) is 0 Å². The molecule has 0 bridgehead atoms. The molecule has 2 N–H and O–H groups in total. The van der Waals surface area contributed by atoms with Crippen molar-refractivity contribution in [2.45, 2.75) is 13.1 Å². The van der Waals surface area contributed by atoms with Crippen LogP contribution < -0.4 is 15.4 Å². The van der Waals surface area contributed by atoms with Crippen LogP contribution >= 0.6 is 23.2 Å². The van der Waals surface area contributed by atoms with E-state index in [0.29, 0.717) is 22.0 Å². The second-order valence-electron chi connectivity index (χ2n) is 6.97. The van der Waals surface area contributed by atoms with Gasteiger partial charge in [-0.1, -0.05) is 23.2 Å². The van der Waals surface area contributed by atoms with E-state index in [4.69, 9.17) is 27.9 Å². The highest BCUT2D eigenvalue weighted by Crippen LogP contribution is 2.33. The lowest BCUT2D eigenvalue weighted by Gasteiger charge is -2.12. The van der Waals surface area contributed by atoms with Crippen molar-refractivity contribution in [1.29, 1.82) is 0 Å². The normalized spacial score (nSPS) is 11.1. The summed E-state index contributed by atoms with van der Waals surface area (Å²) in [5.74, 6) is -0.750. The van der Waals surface area contributed by atoms with E-state index in [9.17, 15) is 22.8 Å². The van der Waals surface area contributed by atoms with Crippen LogP contribution in [0, 0.1) is 6.92 Å². The van der Waals surface area contributed by atoms with Gasteiger partial charge in [0.05, 0.1) is 16.3 Å². The fraction of sp³-hybridized carbons (Fsp3) is 0.130. The minimum atomic E-state index is -4.57. The van der Waals surface area contributed by atoms with Gasteiger partial charge in [-0.15, -0.1) is 0 Å². The lowest BCUT2D eigenvalue weighted by molar-refractivity contribution is -0.137. The molecule has 3 aromatic rings. The number of halogens is 5. The van der Waals surface area contributed by atoms with Crippen molar-refractivity contribution < 1.29 is 27.5 Å². The Kier molecular flexibility index (Phi) is 7.50. The first-order valence-electron chi connectivity index (χ1n) is 9.50. The lowest BCUT2D eigenvalue weighted by atomic mass is 10.1. The highest BCUT2D eigenvalue weighted by atomic mass is 35.5. The highest BCUT2D eigenvalue weighted by molar-refractivity contribution is 6.33. The van der Waals surface area contributed by atoms with Gasteiger partial charge in [0, 0.05) is 16.3 Å². The van der Waals surface area contributed by atoms with Crippen LogP contribution in [0.1, 0.15) is 21.5 Å². The summed E-state index contributed by atoms with van der Waals surface area (Å²) in [6, 6.07) is 13.7. The minimum absolute atomic E-state index is 0.0392. The van der Waals surface area contributed by atoms with E-state index in [1.807, 2.05) is 6.92 Å². The van der Waals surface area contributed by atoms with Gasteiger partial charge in [0.2, 0.25) is 0 Å². The molecular weight excluding hydrogens is 480 g/mol. The summed E-state index contributed by atoms with van der Waals surface area (Å²) in [5.41, 5.74) is 0.671. The number of hydrogen-bond donors (Lipinski definition) is 2. The summed E-state index contributed by atoms with van der Waals surface area (Å²) < 4.78 is 43.9. The zero-order chi connectivity index (χ0) is 24.2. The smallest absolute Gasteiger partial charge is 0.416 e. The molecule has 0 unspecified atom stereocenters. The van der Waals surface area contributed by atoms with E-state index in [2.05, 4.69) is 10.6 Å². The molecule has 0 heterocycles. The van der Waals surface area contributed by atoms with Gasteiger partial charge in [0.1, 0.15) is 5.75 Å². The molecule has 0 aliphatic carbocycles. The van der Waals surface area contributed by atoms with Crippen molar-refractivity contribution in [2.24, 2.45) is 0 Å². The van der Waals surface area contributed by atoms with Crippen LogP contribution in [0.25, 0.3) is 0 Å². The molecule has 172 valence electrons. The quantitative estimate of drug-likeness (QED) is 0.404. The average molecular weight is 497 g/mol. The van der Waals surface area contributed by atoms with E-state index in [1.54, 1.807) is 18.2 Å². The van der Waals surface area contributed by atoms with Gasteiger partial charge < -0.3 is 15.4 Å². The van der Waals surface area contributed by atoms with E-state index in [0.717, 1.165) is 23.8 Å². The van der Waals surface area contributed by atoms with E-state index >= 15 is 0 Å². The van der Waals surface area contributed by atoms with Crippen molar-refractivity contribution in [2.75, 3.05) is 17.2 Å². The molecule has 0 radical (unpaired) electrons. The van der Waals surface area contributed by atoms with Crippen LogP contribution in [0.4, 0.5) is 24.5 Å². The van der Waals surface area contributed by atoms with Gasteiger partial charge in [-0.05, 0) is 73.2 Å². The fourth-order valence-electron chi connectivity index (χ4n) is 2.80.